The van der Waals surface area contributed by atoms with Crippen molar-refractivity contribution < 1.29 is 9.53 Å². The van der Waals surface area contributed by atoms with Crippen LogP contribution in [0.15, 0.2) is 91.5 Å². The van der Waals surface area contributed by atoms with Gasteiger partial charge < -0.3 is 20.7 Å². The largest absolute Gasteiger partial charge is 0.399 e. The topological polar surface area (TPSA) is 67.6 Å². The number of rotatable bonds is 6. The van der Waals surface area contributed by atoms with Crippen LogP contribution >= 0.6 is 11.6 Å². The standard InChI is InChI=1S/C31H26ClN3O2/c1-18(33)20-8-6-19(7-9-20)17-34-31(36)21-10-12-25-27(14-21)30-28-16-24(11-13-26(28)29(25)37-30)35(2)23-5-3-4-22(32)15-23/h3-16,29-30H,1,17,33H2,2H3,(H,34,36)/t29-,30+/m1/s1. The summed E-state index contributed by atoms with van der Waals surface area (Å²) in [5.41, 5.74) is 15.3. The maximum absolute atomic E-state index is 13.0. The van der Waals surface area contributed by atoms with E-state index in [-0.39, 0.29) is 18.1 Å². The molecule has 2 aliphatic rings. The summed E-state index contributed by atoms with van der Waals surface area (Å²) < 4.78 is 6.38. The smallest absolute Gasteiger partial charge is 0.251 e. The van der Waals surface area contributed by atoms with Crippen molar-refractivity contribution in [3.8, 4) is 0 Å². The molecule has 3 N–H and O–H groups in total. The first-order valence-electron chi connectivity index (χ1n) is 12.1. The minimum absolute atomic E-state index is 0.103. The third-order valence-electron chi connectivity index (χ3n) is 7.18. The first-order valence-corrected chi connectivity index (χ1v) is 12.5. The molecule has 2 atom stereocenters. The Hall–Kier alpha value is -4.06. The Morgan fingerprint density at radius 3 is 2.27 bits per heavy atom. The van der Waals surface area contributed by atoms with Gasteiger partial charge in [0.1, 0.15) is 12.2 Å². The third kappa shape index (κ3) is 4.16. The fraction of sp³-hybridized carbons (Fsp3) is 0.129. The van der Waals surface area contributed by atoms with E-state index in [2.05, 4.69) is 35.0 Å². The van der Waals surface area contributed by atoms with Crippen molar-refractivity contribution >= 4 is 34.6 Å². The predicted octanol–water partition coefficient (Wildman–Crippen LogP) is 6.49. The van der Waals surface area contributed by atoms with Crippen LogP contribution in [0.3, 0.4) is 0 Å². The summed E-state index contributed by atoms with van der Waals surface area (Å²) in [6.45, 7) is 4.18. The van der Waals surface area contributed by atoms with Gasteiger partial charge in [-0.1, -0.05) is 60.6 Å². The zero-order valence-corrected chi connectivity index (χ0v) is 21.1. The molecule has 0 spiro atoms. The molecular formula is C31H26ClN3O2. The second-order valence-electron chi connectivity index (χ2n) is 9.50. The molecule has 37 heavy (non-hydrogen) atoms. The van der Waals surface area contributed by atoms with Crippen LogP contribution in [0.5, 0.6) is 0 Å². The Balaban J connectivity index is 1.21. The van der Waals surface area contributed by atoms with Gasteiger partial charge in [0, 0.05) is 41.3 Å². The number of nitrogens with two attached hydrogens (primary N) is 1. The minimum Gasteiger partial charge on any atom is -0.399 e. The number of hydrogen-bond acceptors (Lipinski definition) is 4. The number of carbonyl (C=O) groups excluding carboxylic acids is 1. The first kappa shape index (κ1) is 23.3. The van der Waals surface area contributed by atoms with E-state index in [4.69, 9.17) is 22.1 Å². The molecule has 0 saturated heterocycles. The van der Waals surface area contributed by atoms with Gasteiger partial charge in [0.15, 0.2) is 0 Å². The number of ether oxygens (including phenoxy) is 1. The second-order valence-corrected chi connectivity index (χ2v) is 9.93. The highest BCUT2D eigenvalue weighted by atomic mass is 35.5. The fourth-order valence-corrected chi connectivity index (χ4v) is 5.32. The van der Waals surface area contributed by atoms with Crippen molar-refractivity contribution in [2.75, 3.05) is 11.9 Å². The Kier molecular flexibility index (Phi) is 5.75. The Morgan fingerprint density at radius 2 is 1.54 bits per heavy atom. The number of nitrogens with one attached hydrogen (secondary N) is 1. The molecule has 2 heterocycles. The van der Waals surface area contributed by atoms with Crippen molar-refractivity contribution in [2.45, 2.75) is 18.8 Å². The molecule has 0 radical (unpaired) electrons. The lowest BCUT2D eigenvalue weighted by molar-refractivity contribution is 0.0857. The van der Waals surface area contributed by atoms with E-state index in [1.165, 1.54) is 5.56 Å². The van der Waals surface area contributed by atoms with Crippen molar-refractivity contribution in [2.24, 2.45) is 5.73 Å². The summed E-state index contributed by atoms with van der Waals surface area (Å²) in [5, 5.41) is 3.71. The van der Waals surface area contributed by atoms with E-state index in [0.29, 0.717) is 22.8 Å². The number of nitrogens with zero attached hydrogens (tertiary/aromatic N) is 1. The van der Waals surface area contributed by atoms with Crippen LogP contribution in [0.1, 0.15) is 55.9 Å². The minimum atomic E-state index is -0.188. The van der Waals surface area contributed by atoms with Crippen molar-refractivity contribution in [1.82, 2.24) is 5.32 Å². The molecule has 2 bridgehead atoms. The van der Waals surface area contributed by atoms with Crippen molar-refractivity contribution in [1.29, 1.82) is 0 Å². The first-order chi connectivity index (χ1) is 17.9. The highest BCUT2D eigenvalue weighted by molar-refractivity contribution is 6.30. The fourth-order valence-electron chi connectivity index (χ4n) is 5.14. The lowest BCUT2D eigenvalue weighted by atomic mass is 9.85. The number of fused-ring (bicyclic) bond motifs is 8. The summed E-state index contributed by atoms with van der Waals surface area (Å²) in [4.78, 5) is 15.1. The quantitative estimate of drug-likeness (QED) is 0.313. The number of halogens is 1. The molecule has 6 rings (SSSR count). The number of amides is 1. The zero-order chi connectivity index (χ0) is 25.7. The summed E-state index contributed by atoms with van der Waals surface area (Å²) in [5.74, 6) is -0.118. The molecule has 1 amide bonds. The highest BCUT2D eigenvalue weighted by Gasteiger charge is 2.43. The molecule has 0 unspecified atom stereocenters. The van der Waals surface area contributed by atoms with E-state index in [1.54, 1.807) is 0 Å². The normalized spacial score (nSPS) is 16.7. The Bertz CT molecular complexity index is 1550. The van der Waals surface area contributed by atoms with Crippen LogP contribution in [0.4, 0.5) is 11.4 Å². The van der Waals surface area contributed by atoms with E-state index in [1.807, 2.05) is 73.8 Å². The van der Waals surface area contributed by atoms with Crippen molar-refractivity contribution in [3.05, 3.63) is 135 Å². The van der Waals surface area contributed by atoms with Crippen LogP contribution in [0.2, 0.25) is 5.02 Å². The number of hydrogen-bond donors (Lipinski definition) is 2. The number of carbonyl (C=O) groups is 1. The van der Waals surface area contributed by atoms with Gasteiger partial charge >= 0.3 is 0 Å². The van der Waals surface area contributed by atoms with Crippen LogP contribution in [-0.2, 0) is 11.3 Å². The molecule has 0 saturated carbocycles. The molecule has 0 aliphatic carbocycles. The molecule has 4 aromatic rings. The molecule has 2 aliphatic heterocycles. The van der Waals surface area contributed by atoms with E-state index >= 15 is 0 Å². The average Bonchev–Trinajstić information content (AvgIpc) is 3.48. The average molecular weight is 508 g/mol. The summed E-state index contributed by atoms with van der Waals surface area (Å²) >= 11 is 6.21. The molecule has 5 nitrogen and oxygen atoms in total. The van der Waals surface area contributed by atoms with E-state index in [9.17, 15) is 4.79 Å². The van der Waals surface area contributed by atoms with Gasteiger partial charge in [-0.15, -0.1) is 0 Å². The maximum atomic E-state index is 13.0. The molecule has 0 aromatic heterocycles. The number of anilines is 2. The molecule has 0 fully saturated rings. The third-order valence-corrected chi connectivity index (χ3v) is 7.42. The summed E-state index contributed by atoms with van der Waals surface area (Å²) in [6.07, 6.45) is -0.291. The van der Waals surface area contributed by atoms with Gasteiger partial charge in [-0.3, -0.25) is 4.79 Å². The van der Waals surface area contributed by atoms with Crippen molar-refractivity contribution in [3.63, 3.8) is 0 Å². The van der Waals surface area contributed by atoms with Gasteiger partial charge in [0.05, 0.1) is 0 Å². The molecular weight excluding hydrogens is 482 g/mol. The predicted molar refractivity (Wildman–Crippen MR) is 148 cm³/mol. The monoisotopic (exact) mass is 507 g/mol. The van der Waals surface area contributed by atoms with Gasteiger partial charge in [0.2, 0.25) is 0 Å². The second kappa shape index (κ2) is 9.11. The molecule has 4 aromatic carbocycles. The van der Waals surface area contributed by atoms with E-state index < -0.39 is 0 Å². The van der Waals surface area contributed by atoms with E-state index in [0.717, 1.165) is 39.2 Å². The van der Waals surface area contributed by atoms with Gasteiger partial charge in [-0.05, 0) is 75.8 Å². The van der Waals surface area contributed by atoms with Crippen LogP contribution in [0, 0.1) is 0 Å². The van der Waals surface area contributed by atoms with Crippen LogP contribution < -0.4 is 16.0 Å². The molecule has 6 heteroatoms. The number of benzene rings is 4. The van der Waals surface area contributed by atoms with Gasteiger partial charge in [-0.2, -0.15) is 0 Å². The Labute approximate surface area is 221 Å². The highest BCUT2D eigenvalue weighted by Crippen LogP contribution is 2.55. The lowest BCUT2D eigenvalue weighted by Gasteiger charge is -2.23. The van der Waals surface area contributed by atoms with Crippen LogP contribution in [0.25, 0.3) is 5.70 Å². The summed E-state index contributed by atoms with van der Waals surface area (Å²) in [6, 6.07) is 27.8. The van der Waals surface area contributed by atoms with Gasteiger partial charge in [0.25, 0.3) is 5.91 Å². The zero-order valence-electron chi connectivity index (χ0n) is 20.4. The summed E-state index contributed by atoms with van der Waals surface area (Å²) in [7, 11) is 2.03. The lowest BCUT2D eigenvalue weighted by Crippen LogP contribution is -2.23. The Morgan fingerprint density at radius 1 is 0.892 bits per heavy atom. The molecule has 184 valence electrons. The van der Waals surface area contributed by atoms with Crippen LogP contribution in [-0.4, -0.2) is 13.0 Å². The van der Waals surface area contributed by atoms with Gasteiger partial charge in [-0.25, -0.2) is 0 Å². The maximum Gasteiger partial charge on any atom is 0.251 e. The SMILES string of the molecule is C=C(N)c1ccc(CNC(=O)c2ccc3c(c2)[C@@H]2O[C@H]3c3ccc(N(C)c4cccc(Cl)c4)cc32)cc1.